The minimum atomic E-state index is 0.515. The van der Waals surface area contributed by atoms with Gasteiger partial charge in [0.15, 0.2) is 6.29 Å². The van der Waals surface area contributed by atoms with Crippen LogP contribution in [-0.4, -0.2) is 6.29 Å². The van der Waals surface area contributed by atoms with Crippen LogP contribution in [0.5, 0.6) is 0 Å². The molecule has 0 bridgehead atoms. The third kappa shape index (κ3) is 17.7. The summed E-state index contributed by atoms with van der Waals surface area (Å²) in [5.41, 5.74) is 0.515. The predicted molar refractivity (Wildman–Crippen MR) is 85.2 cm³/mol. The molecule has 0 aliphatic rings. The van der Waals surface area contributed by atoms with Gasteiger partial charge in [0.05, 0.1) is 0 Å². The van der Waals surface area contributed by atoms with E-state index in [0.717, 1.165) is 6.42 Å². The van der Waals surface area contributed by atoms with Crippen LogP contribution in [0.4, 0.5) is 0 Å². The van der Waals surface area contributed by atoms with Crippen molar-refractivity contribution < 1.29 is 4.79 Å². The molecule has 0 N–H and O–H groups in total. The molecule has 0 aliphatic heterocycles. The van der Waals surface area contributed by atoms with E-state index in [1.165, 1.54) is 70.6 Å². The number of hydrogen-bond acceptors (Lipinski definition) is 1. The summed E-state index contributed by atoms with van der Waals surface area (Å²) in [5, 5.41) is 0. The highest BCUT2D eigenvalue weighted by molar-refractivity contribution is 5.50. The van der Waals surface area contributed by atoms with Crippen LogP contribution in [-0.2, 0) is 4.79 Å². The molecule has 0 rings (SSSR count). The highest BCUT2D eigenvalue weighted by atomic mass is 16.1. The summed E-state index contributed by atoms with van der Waals surface area (Å²) in [7, 11) is 0. The first kappa shape index (κ1) is 18.7. The van der Waals surface area contributed by atoms with Gasteiger partial charge in [0.2, 0.25) is 0 Å². The number of carbonyl (C=O) groups excluding carboxylic acids is 1. The minimum absolute atomic E-state index is 0.515. The average Bonchev–Trinajstić information content (AvgIpc) is 2.34. The van der Waals surface area contributed by atoms with Crippen molar-refractivity contribution in [1.29, 1.82) is 0 Å². The van der Waals surface area contributed by atoms with Gasteiger partial charge in [-0.2, -0.15) is 0 Å². The van der Waals surface area contributed by atoms with Crippen LogP contribution >= 0.6 is 0 Å². The summed E-state index contributed by atoms with van der Waals surface area (Å²) in [6, 6.07) is 0. The van der Waals surface area contributed by atoms with Gasteiger partial charge in [-0.1, -0.05) is 85.0 Å². The molecule has 0 saturated heterocycles. The molecule has 0 unspecified atom stereocenters. The summed E-state index contributed by atoms with van der Waals surface area (Å²) >= 11 is 0. The topological polar surface area (TPSA) is 17.1 Å². The van der Waals surface area contributed by atoms with Gasteiger partial charge in [0.25, 0.3) is 0 Å². The van der Waals surface area contributed by atoms with Crippen molar-refractivity contribution >= 4 is 6.29 Å². The maximum atomic E-state index is 10.0. The molecule has 1 radical (unpaired) electrons. The molecule has 0 aromatic carbocycles. The van der Waals surface area contributed by atoms with Gasteiger partial charge in [0, 0.05) is 6.42 Å². The molecule has 1 nitrogen and oxygen atoms in total. The monoisotopic (exact) mass is 267 g/mol. The average molecular weight is 267 g/mol. The molecule has 0 spiro atoms. The molecular weight excluding hydrogens is 232 g/mol. The second-order valence-electron chi connectivity index (χ2n) is 7.09. The van der Waals surface area contributed by atoms with Crippen LogP contribution in [0.1, 0.15) is 104 Å². The Bertz CT molecular complexity index is 190. The largest absolute Gasteiger partial charge is 0.291 e. The van der Waals surface area contributed by atoms with E-state index in [0.29, 0.717) is 11.8 Å². The van der Waals surface area contributed by atoms with Crippen LogP contribution in [0, 0.1) is 5.41 Å². The van der Waals surface area contributed by atoms with Gasteiger partial charge in [-0.05, 0) is 18.3 Å². The molecule has 0 saturated carbocycles. The van der Waals surface area contributed by atoms with Crippen LogP contribution in [0.2, 0.25) is 0 Å². The zero-order chi connectivity index (χ0) is 14.4. The zero-order valence-electron chi connectivity index (χ0n) is 13.6. The predicted octanol–water partition coefficient (Wildman–Crippen LogP) is 6.21. The van der Waals surface area contributed by atoms with Crippen molar-refractivity contribution in [3.05, 3.63) is 0 Å². The molecule has 0 aliphatic carbocycles. The maximum Gasteiger partial charge on any atom is 0.198 e. The third-order valence-electron chi connectivity index (χ3n) is 3.71. The molecule has 19 heavy (non-hydrogen) atoms. The van der Waals surface area contributed by atoms with Gasteiger partial charge < -0.3 is 0 Å². The first-order valence-electron chi connectivity index (χ1n) is 8.41. The maximum absolute atomic E-state index is 10.0. The second-order valence-corrected chi connectivity index (χ2v) is 7.09. The van der Waals surface area contributed by atoms with E-state index >= 15 is 0 Å². The van der Waals surface area contributed by atoms with Crippen molar-refractivity contribution in [2.24, 2.45) is 5.41 Å². The minimum Gasteiger partial charge on any atom is -0.291 e. The Morgan fingerprint density at radius 1 is 0.632 bits per heavy atom. The molecular formula is C18H35O. The normalized spacial score (nSPS) is 11.7. The molecule has 1 heteroatoms. The molecule has 0 atom stereocenters. The van der Waals surface area contributed by atoms with E-state index in [2.05, 4.69) is 20.8 Å². The Kier molecular flexibility index (Phi) is 12.5. The highest BCUT2D eigenvalue weighted by Gasteiger charge is 2.08. The molecule has 113 valence electrons. The SMILES string of the molecule is CC(C)(C)CCCCCCCCCCCCC[C]=O. The molecule has 0 amide bonds. The van der Waals surface area contributed by atoms with E-state index in [-0.39, 0.29) is 0 Å². The highest BCUT2D eigenvalue weighted by Crippen LogP contribution is 2.22. The fraction of sp³-hybridized carbons (Fsp3) is 0.944. The lowest BCUT2D eigenvalue weighted by Crippen LogP contribution is -2.03. The van der Waals surface area contributed by atoms with E-state index in [1.54, 1.807) is 0 Å². The Labute approximate surface area is 121 Å². The van der Waals surface area contributed by atoms with Crippen molar-refractivity contribution in [3.8, 4) is 0 Å². The summed E-state index contributed by atoms with van der Waals surface area (Å²) < 4.78 is 0. The van der Waals surface area contributed by atoms with E-state index in [4.69, 9.17) is 0 Å². The van der Waals surface area contributed by atoms with Gasteiger partial charge in [-0.15, -0.1) is 0 Å². The molecule has 0 aromatic heterocycles. The van der Waals surface area contributed by atoms with Gasteiger partial charge >= 0.3 is 0 Å². The van der Waals surface area contributed by atoms with Gasteiger partial charge in [-0.3, -0.25) is 4.79 Å². The Morgan fingerprint density at radius 2 is 1.00 bits per heavy atom. The lowest BCUT2D eigenvalue weighted by Gasteiger charge is -2.17. The van der Waals surface area contributed by atoms with E-state index in [9.17, 15) is 4.79 Å². The van der Waals surface area contributed by atoms with Crippen molar-refractivity contribution in [2.75, 3.05) is 0 Å². The van der Waals surface area contributed by atoms with Crippen molar-refractivity contribution in [3.63, 3.8) is 0 Å². The van der Waals surface area contributed by atoms with Crippen LogP contribution < -0.4 is 0 Å². The number of hydrogen-bond donors (Lipinski definition) is 0. The zero-order valence-corrected chi connectivity index (χ0v) is 13.6. The van der Waals surface area contributed by atoms with Crippen molar-refractivity contribution in [1.82, 2.24) is 0 Å². The lowest BCUT2D eigenvalue weighted by atomic mass is 9.89. The standard InChI is InChI=1S/C18H35O/c1-18(2,3)16-14-12-10-8-6-4-5-7-9-11-13-15-17-19/h4-16H2,1-3H3. The van der Waals surface area contributed by atoms with Crippen LogP contribution in [0.3, 0.4) is 0 Å². The Morgan fingerprint density at radius 3 is 1.37 bits per heavy atom. The fourth-order valence-electron chi connectivity index (χ4n) is 2.44. The van der Waals surface area contributed by atoms with Crippen LogP contribution in [0.15, 0.2) is 0 Å². The quantitative estimate of drug-likeness (QED) is 0.362. The third-order valence-corrected chi connectivity index (χ3v) is 3.71. The lowest BCUT2D eigenvalue weighted by molar-refractivity contribution is 0.356. The molecule has 0 heterocycles. The summed E-state index contributed by atoms with van der Waals surface area (Å²) in [5.74, 6) is 0. The number of rotatable bonds is 13. The summed E-state index contributed by atoms with van der Waals surface area (Å²) in [6.07, 6.45) is 18.7. The Balaban J connectivity index is 3.01. The summed E-state index contributed by atoms with van der Waals surface area (Å²) in [6.45, 7) is 7.00. The smallest absolute Gasteiger partial charge is 0.198 e. The Hall–Kier alpha value is -0.330. The van der Waals surface area contributed by atoms with Crippen molar-refractivity contribution in [2.45, 2.75) is 104 Å². The first-order valence-corrected chi connectivity index (χ1v) is 8.41. The van der Waals surface area contributed by atoms with Crippen LogP contribution in [0.25, 0.3) is 0 Å². The second kappa shape index (κ2) is 12.7. The summed E-state index contributed by atoms with van der Waals surface area (Å²) in [4.78, 5) is 10.0. The van der Waals surface area contributed by atoms with E-state index < -0.39 is 0 Å². The molecule has 0 fully saturated rings. The first-order chi connectivity index (χ1) is 9.06. The fourth-order valence-corrected chi connectivity index (χ4v) is 2.44. The number of unbranched alkanes of at least 4 members (excludes halogenated alkanes) is 11. The van der Waals surface area contributed by atoms with Gasteiger partial charge in [0.1, 0.15) is 0 Å². The molecule has 0 aromatic rings. The van der Waals surface area contributed by atoms with Gasteiger partial charge in [-0.25, -0.2) is 0 Å². The van der Waals surface area contributed by atoms with E-state index in [1.807, 2.05) is 6.29 Å².